The Hall–Kier alpha value is -3.26. The van der Waals surface area contributed by atoms with Crippen molar-refractivity contribution >= 4 is 46.3 Å². The molecule has 0 bridgehead atoms. The van der Waals surface area contributed by atoms with Gasteiger partial charge in [-0.15, -0.1) is 10.2 Å². The number of para-hydroxylation sites is 2. The van der Waals surface area contributed by atoms with Crippen molar-refractivity contribution in [3.63, 3.8) is 0 Å². The molecule has 134 valence electrons. The van der Waals surface area contributed by atoms with E-state index >= 15 is 0 Å². The topological polar surface area (TPSA) is 86.2 Å². The number of hydrogen-bond acceptors (Lipinski definition) is 6. The van der Waals surface area contributed by atoms with E-state index < -0.39 is 4.92 Å². The van der Waals surface area contributed by atoms with Gasteiger partial charge in [-0.2, -0.15) is 0 Å². The van der Waals surface area contributed by atoms with Crippen LogP contribution in [-0.2, 0) is 0 Å². The lowest BCUT2D eigenvalue weighted by Gasteiger charge is -2.05. The van der Waals surface area contributed by atoms with Gasteiger partial charge in [0.05, 0.1) is 16.0 Å². The molecule has 0 atom stereocenters. The number of fused-ring (bicyclic) bond motifs is 3. The van der Waals surface area contributed by atoms with Crippen LogP contribution in [0.25, 0.3) is 28.8 Å². The Labute approximate surface area is 158 Å². The molecule has 0 radical (unpaired) electrons. The summed E-state index contributed by atoms with van der Waals surface area (Å²) in [5, 5.41) is 20.2. The molecule has 0 saturated carbocycles. The highest BCUT2D eigenvalue weighted by Crippen LogP contribution is 2.25. The van der Waals surface area contributed by atoms with Crippen LogP contribution in [-0.4, -0.2) is 30.3 Å². The molecule has 0 saturated heterocycles. The molecule has 0 spiro atoms. The predicted octanol–water partition coefficient (Wildman–Crippen LogP) is 4.47. The van der Waals surface area contributed by atoms with Gasteiger partial charge in [-0.25, -0.2) is 4.98 Å². The monoisotopic (exact) mass is 377 g/mol. The molecule has 27 heavy (non-hydrogen) atoms. The van der Waals surface area contributed by atoms with Crippen LogP contribution >= 0.6 is 11.8 Å². The van der Waals surface area contributed by atoms with E-state index in [4.69, 9.17) is 4.98 Å². The standard InChI is InChI=1S/C19H15N5O2S/c1-2-27-19-22-21-18-16(20-15-5-3-4-6-17(15)23(18)19)12-9-13-7-10-14(11-8-13)24(25)26/h3-12H,2H2,1H3/b12-9+. The summed E-state index contributed by atoms with van der Waals surface area (Å²) in [6, 6.07) is 14.2. The number of non-ortho nitro benzene ring substituents is 1. The summed E-state index contributed by atoms with van der Waals surface area (Å²) in [7, 11) is 0. The summed E-state index contributed by atoms with van der Waals surface area (Å²) < 4.78 is 2.02. The SMILES string of the molecule is CCSc1nnc2c(/C=C/c3ccc([N+](=O)[O-])cc3)nc3ccccc3n12. The fraction of sp³-hybridized carbons (Fsp3) is 0.105. The van der Waals surface area contributed by atoms with E-state index in [9.17, 15) is 10.1 Å². The lowest BCUT2D eigenvalue weighted by Crippen LogP contribution is -1.96. The lowest BCUT2D eigenvalue weighted by molar-refractivity contribution is -0.384. The van der Waals surface area contributed by atoms with Crippen LogP contribution in [0, 0.1) is 10.1 Å². The van der Waals surface area contributed by atoms with Crippen molar-refractivity contribution in [2.75, 3.05) is 5.75 Å². The van der Waals surface area contributed by atoms with Gasteiger partial charge in [0.15, 0.2) is 10.8 Å². The zero-order valence-corrected chi connectivity index (χ0v) is 15.3. The predicted molar refractivity (Wildman–Crippen MR) is 107 cm³/mol. The molecule has 0 N–H and O–H groups in total. The summed E-state index contributed by atoms with van der Waals surface area (Å²) in [5.41, 5.74) is 4.10. The van der Waals surface area contributed by atoms with Crippen molar-refractivity contribution in [3.8, 4) is 0 Å². The third kappa shape index (κ3) is 3.26. The molecule has 0 amide bonds. The van der Waals surface area contributed by atoms with E-state index in [0.717, 1.165) is 27.5 Å². The fourth-order valence-electron chi connectivity index (χ4n) is 2.80. The molecule has 4 rings (SSSR count). The summed E-state index contributed by atoms with van der Waals surface area (Å²) >= 11 is 1.63. The van der Waals surface area contributed by atoms with Gasteiger partial charge < -0.3 is 0 Å². The van der Waals surface area contributed by atoms with Gasteiger partial charge in [-0.05, 0) is 41.7 Å². The molecule has 2 heterocycles. The number of nitro groups is 1. The molecule has 0 aliphatic heterocycles. The first-order valence-electron chi connectivity index (χ1n) is 8.36. The largest absolute Gasteiger partial charge is 0.269 e. The van der Waals surface area contributed by atoms with Crippen LogP contribution in [0.15, 0.2) is 53.7 Å². The first-order chi connectivity index (χ1) is 13.2. The molecule has 0 aliphatic rings. The summed E-state index contributed by atoms with van der Waals surface area (Å²) in [4.78, 5) is 15.1. The van der Waals surface area contributed by atoms with E-state index in [-0.39, 0.29) is 5.69 Å². The van der Waals surface area contributed by atoms with Gasteiger partial charge in [0.2, 0.25) is 0 Å². The summed E-state index contributed by atoms with van der Waals surface area (Å²) in [6.45, 7) is 2.07. The first kappa shape index (κ1) is 17.2. The summed E-state index contributed by atoms with van der Waals surface area (Å²) in [5.74, 6) is 0.894. The molecule has 8 heteroatoms. The van der Waals surface area contributed by atoms with Crippen LogP contribution in [0.2, 0.25) is 0 Å². The molecule has 2 aromatic carbocycles. The second kappa shape index (κ2) is 7.16. The van der Waals surface area contributed by atoms with Crippen molar-refractivity contribution in [2.24, 2.45) is 0 Å². The molecular formula is C19H15N5O2S. The highest BCUT2D eigenvalue weighted by Gasteiger charge is 2.13. The van der Waals surface area contributed by atoms with Crippen LogP contribution < -0.4 is 0 Å². The molecule has 2 aromatic heterocycles. The second-order valence-electron chi connectivity index (χ2n) is 5.74. The number of nitrogens with zero attached hydrogens (tertiary/aromatic N) is 5. The third-order valence-electron chi connectivity index (χ3n) is 4.04. The number of benzene rings is 2. The minimum Gasteiger partial charge on any atom is -0.267 e. The Kier molecular flexibility index (Phi) is 4.55. The number of aromatic nitrogens is 4. The number of nitro benzene ring substituents is 1. The Morgan fingerprint density at radius 3 is 2.63 bits per heavy atom. The average Bonchev–Trinajstić information content (AvgIpc) is 3.11. The van der Waals surface area contributed by atoms with Gasteiger partial charge in [0.25, 0.3) is 5.69 Å². The van der Waals surface area contributed by atoms with E-state index in [0.29, 0.717) is 11.3 Å². The maximum atomic E-state index is 10.8. The molecule has 0 unspecified atom stereocenters. The maximum absolute atomic E-state index is 10.8. The zero-order valence-electron chi connectivity index (χ0n) is 14.4. The molecule has 7 nitrogen and oxygen atoms in total. The minimum absolute atomic E-state index is 0.0667. The summed E-state index contributed by atoms with van der Waals surface area (Å²) in [6.07, 6.45) is 3.72. The van der Waals surface area contributed by atoms with Gasteiger partial charge in [-0.1, -0.05) is 36.9 Å². The number of hydrogen-bond donors (Lipinski definition) is 0. The molecule has 4 aromatic rings. The zero-order chi connectivity index (χ0) is 18.8. The number of thioether (sulfide) groups is 1. The van der Waals surface area contributed by atoms with Crippen LogP contribution in [0.5, 0.6) is 0 Å². The normalized spacial score (nSPS) is 11.6. The molecule has 0 fully saturated rings. The fourth-order valence-corrected chi connectivity index (χ4v) is 3.47. The molecule has 0 aliphatic carbocycles. The van der Waals surface area contributed by atoms with Gasteiger partial charge >= 0.3 is 0 Å². The van der Waals surface area contributed by atoms with Crippen LogP contribution in [0.3, 0.4) is 0 Å². The van der Waals surface area contributed by atoms with Crippen molar-refractivity contribution in [1.29, 1.82) is 0 Å². The smallest absolute Gasteiger partial charge is 0.267 e. The third-order valence-corrected chi connectivity index (χ3v) is 4.85. The highest BCUT2D eigenvalue weighted by molar-refractivity contribution is 7.99. The maximum Gasteiger partial charge on any atom is 0.269 e. The average molecular weight is 377 g/mol. The second-order valence-corrected chi connectivity index (χ2v) is 6.97. The molecular weight excluding hydrogens is 362 g/mol. The van der Waals surface area contributed by atoms with Crippen LogP contribution in [0.4, 0.5) is 5.69 Å². The Morgan fingerprint density at radius 1 is 1.11 bits per heavy atom. The quantitative estimate of drug-likeness (QED) is 0.290. The Morgan fingerprint density at radius 2 is 1.89 bits per heavy atom. The highest BCUT2D eigenvalue weighted by atomic mass is 32.2. The van der Waals surface area contributed by atoms with Gasteiger partial charge in [0.1, 0.15) is 5.69 Å². The van der Waals surface area contributed by atoms with E-state index in [1.54, 1.807) is 23.9 Å². The lowest BCUT2D eigenvalue weighted by atomic mass is 10.2. The van der Waals surface area contributed by atoms with Crippen molar-refractivity contribution in [3.05, 3.63) is 69.9 Å². The van der Waals surface area contributed by atoms with Gasteiger partial charge in [0, 0.05) is 12.1 Å². The van der Waals surface area contributed by atoms with Gasteiger partial charge in [-0.3, -0.25) is 14.5 Å². The van der Waals surface area contributed by atoms with Crippen molar-refractivity contribution in [1.82, 2.24) is 19.6 Å². The Bertz CT molecular complexity index is 1170. The van der Waals surface area contributed by atoms with E-state index in [1.165, 1.54) is 12.1 Å². The minimum atomic E-state index is -0.412. The van der Waals surface area contributed by atoms with E-state index in [1.807, 2.05) is 40.8 Å². The number of rotatable bonds is 5. The van der Waals surface area contributed by atoms with Crippen molar-refractivity contribution < 1.29 is 4.92 Å². The Balaban J connectivity index is 1.81. The first-order valence-corrected chi connectivity index (χ1v) is 9.35. The van der Waals surface area contributed by atoms with Crippen molar-refractivity contribution in [2.45, 2.75) is 12.1 Å². The van der Waals surface area contributed by atoms with Crippen LogP contribution in [0.1, 0.15) is 18.2 Å². The van der Waals surface area contributed by atoms with E-state index in [2.05, 4.69) is 17.1 Å².